The number of hydrogen-bond acceptors (Lipinski definition) is 7. The molecular formula is C26H31N7O4. The minimum absolute atomic E-state index is 0.305. The Balaban J connectivity index is 1.48. The van der Waals surface area contributed by atoms with Crippen molar-refractivity contribution in [3.63, 3.8) is 0 Å². The smallest absolute Gasteiger partial charge is 0.407 e. The van der Waals surface area contributed by atoms with E-state index < -0.39 is 17.7 Å². The first-order valence-electron chi connectivity index (χ1n) is 12.2. The van der Waals surface area contributed by atoms with Crippen LogP contribution in [-0.4, -0.2) is 74.9 Å². The van der Waals surface area contributed by atoms with Crippen LogP contribution >= 0.6 is 0 Å². The van der Waals surface area contributed by atoms with Gasteiger partial charge < -0.3 is 20.1 Å². The number of carboxylic acid groups (broad SMARTS) is 1. The second-order valence-corrected chi connectivity index (χ2v) is 9.50. The van der Waals surface area contributed by atoms with Crippen LogP contribution in [0.2, 0.25) is 0 Å². The van der Waals surface area contributed by atoms with Crippen LogP contribution in [0.3, 0.4) is 0 Å². The van der Waals surface area contributed by atoms with Crippen LogP contribution in [0.25, 0.3) is 16.6 Å². The van der Waals surface area contributed by atoms with Gasteiger partial charge >= 0.3 is 6.09 Å². The van der Waals surface area contributed by atoms with Crippen molar-refractivity contribution in [2.24, 2.45) is 0 Å². The summed E-state index contributed by atoms with van der Waals surface area (Å²) in [6.07, 6.45) is 5.34. The lowest BCUT2D eigenvalue weighted by molar-refractivity contribution is -0.127. The van der Waals surface area contributed by atoms with Crippen molar-refractivity contribution >= 4 is 23.3 Å². The van der Waals surface area contributed by atoms with Gasteiger partial charge in [0.15, 0.2) is 0 Å². The van der Waals surface area contributed by atoms with Crippen molar-refractivity contribution in [2.75, 3.05) is 31.6 Å². The molecule has 0 saturated carbocycles. The van der Waals surface area contributed by atoms with Crippen molar-refractivity contribution in [3.8, 4) is 22.9 Å². The number of carbonyl (C=O) groups is 2. The van der Waals surface area contributed by atoms with Gasteiger partial charge in [-0.25, -0.2) is 14.3 Å². The largest absolute Gasteiger partial charge is 0.492 e. The van der Waals surface area contributed by atoms with Gasteiger partial charge in [0.05, 0.1) is 30.1 Å². The number of nitrogens with zero attached hydrogens (tertiary/aromatic N) is 6. The minimum atomic E-state index is -1.14. The Hall–Kier alpha value is -4.33. The highest BCUT2D eigenvalue weighted by Crippen LogP contribution is 2.32. The van der Waals surface area contributed by atoms with Gasteiger partial charge in [-0.3, -0.25) is 9.69 Å². The monoisotopic (exact) mass is 505 g/mol. The summed E-state index contributed by atoms with van der Waals surface area (Å²) in [4.78, 5) is 31.6. The maximum absolute atomic E-state index is 12.6. The third-order valence-corrected chi connectivity index (χ3v) is 6.96. The number of anilines is 1. The number of fused-ring (bicyclic) bond motifs is 1. The highest BCUT2D eigenvalue weighted by atomic mass is 16.5. The molecule has 0 radical (unpaired) electrons. The van der Waals surface area contributed by atoms with E-state index in [0.717, 1.165) is 21.8 Å². The molecule has 2 amide bonds. The third-order valence-electron chi connectivity index (χ3n) is 6.96. The Morgan fingerprint density at radius 3 is 2.65 bits per heavy atom. The zero-order valence-electron chi connectivity index (χ0n) is 21.4. The Labute approximate surface area is 215 Å². The number of ether oxygens (including phenoxy) is 1. The van der Waals surface area contributed by atoms with Crippen LogP contribution in [0, 0.1) is 11.3 Å². The van der Waals surface area contributed by atoms with Gasteiger partial charge in [-0.15, -0.1) is 0 Å². The molecule has 4 heterocycles. The van der Waals surface area contributed by atoms with Gasteiger partial charge in [-0.2, -0.15) is 10.4 Å². The summed E-state index contributed by atoms with van der Waals surface area (Å²) < 4.78 is 7.34. The van der Waals surface area contributed by atoms with Crippen molar-refractivity contribution in [1.82, 2.24) is 24.8 Å². The molecule has 1 aliphatic heterocycles. The van der Waals surface area contributed by atoms with E-state index in [0.29, 0.717) is 49.4 Å². The van der Waals surface area contributed by atoms with E-state index in [1.165, 1.54) is 7.05 Å². The normalized spacial score (nSPS) is 15.6. The Morgan fingerprint density at radius 1 is 1.32 bits per heavy atom. The molecule has 1 fully saturated rings. The van der Waals surface area contributed by atoms with Crippen LogP contribution < -0.4 is 15.0 Å². The molecule has 0 spiro atoms. The van der Waals surface area contributed by atoms with Gasteiger partial charge in [0.1, 0.15) is 23.7 Å². The Kier molecular flexibility index (Phi) is 7.20. The highest BCUT2D eigenvalue weighted by molar-refractivity contribution is 5.86. The second-order valence-electron chi connectivity index (χ2n) is 9.50. The van der Waals surface area contributed by atoms with Gasteiger partial charge in [-0.1, -0.05) is 0 Å². The van der Waals surface area contributed by atoms with Crippen molar-refractivity contribution in [2.45, 2.75) is 45.2 Å². The molecule has 1 saturated heterocycles. The molecule has 37 heavy (non-hydrogen) atoms. The standard InChI is InChI=1S/C26H31N7O4/c1-5-37-20-12-21(23-19(13-27)15-29-33(23)16-20)18-6-7-22(28-14-18)32-10-8-26(3,9-11-32)30-24(34)17(2)31(4)25(35)36/h6-7,12,14-17H,5,8-11H2,1-4H3,(H,30,34)(H,35,36). The average Bonchev–Trinajstić information content (AvgIpc) is 3.31. The maximum atomic E-state index is 12.6. The quantitative estimate of drug-likeness (QED) is 0.500. The fraction of sp³-hybridized carbons (Fsp3) is 0.423. The first-order chi connectivity index (χ1) is 17.7. The number of carbonyl (C=O) groups excluding carboxylic acids is 1. The van der Waals surface area contributed by atoms with Crippen LogP contribution in [0.5, 0.6) is 5.75 Å². The molecule has 2 N–H and O–H groups in total. The number of piperidine rings is 1. The van der Waals surface area contributed by atoms with E-state index in [-0.39, 0.29) is 5.91 Å². The molecule has 3 aromatic heterocycles. The predicted octanol–water partition coefficient (Wildman–Crippen LogP) is 3.14. The summed E-state index contributed by atoms with van der Waals surface area (Å²) in [7, 11) is 1.39. The van der Waals surface area contributed by atoms with E-state index in [1.54, 1.807) is 30.0 Å². The molecule has 4 rings (SSSR count). The molecule has 1 aliphatic rings. The summed E-state index contributed by atoms with van der Waals surface area (Å²) >= 11 is 0. The first kappa shape index (κ1) is 25.8. The number of rotatable bonds is 7. The van der Waals surface area contributed by atoms with Crippen LogP contribution in [0.1, 0.15) is 39.2 Å². The lowest BCUT2D eigenvalue weighted by atomic mass is 9.89. The minimum Gasteiger partial charge on any atom is -0.492 e. The molecule has 194 valence electrons. The van der Waals surface area contributed by atoms with Crippen LogP contribution in [-0.2, 0) is 4.79 Å². The van der Waals surface area contributed by atoms with Crippen molar-refractivity contribution in [1.29, 1.82) is 5.26 Å². The van der Waals surface area contributed by atoms with E-state index >= 15 is 0 Å². The molecule has 11 nitrogen and oxygen atoms in total. The van der Waals surface area contributed by atoms with Crippen LogP contribution in [0.4, 0.5) is 10.6 Å². The molecule has 0 aliphatic carbocycles. The third kappa shape index (κ3) is 5.28. The topological polar surface area (TPSA) is 136 Å². The molecule has 1 unspecified atom stereocenters. The molecule has 11 heteroatoms. The van der Waals surface area contributed by atoms with E-state index in [4.69, 9.17) is 14.8 Å². The fourth-order valence-corrected chi connectivity index (χ4v) is 4.47. The zero-order chi connectivity index (χ0) is 26.7. The second kappa shape index (κ2) is 10.3. The molecule has 1 atom stereocenters. The molecule has 0 bridgehead atoms. The summed E-state index contributed by atoms with van der Waals surface area (Å²) in [6, 6.07) is 7.25. The summed E-state index contributed by atoms with van der Waals surface area (Å²) in [5, 5.41) is 26.0. The van der Waals surface area contributed by atoms with Gasteiger partial charge in [0, 0.05) is 43.0 Å². The molecule has 0 aromatic carbocycles. The Bertz CT molecular complexity index is 1340. The number of aromatic nitrogens is 3. The van der Waals surface area contributed by atoms with E-state index in [2.05, 4.69) is 21.4 Å². The molecule has 3 aromatic rings. The zero-order valence-corrected chi connectivity index (χ0v) is 21.4. The van der Waals surface area contributed by atoms with Gasteiger partial charge in [0.2, 0.25) is 5.91 Å². The summed E-state index contributed by atoms with van der Waals surface area (Å²) in [5.41, 5.74) is 2.41. The van der Waals surface area contributed by atoms with Crippen LogP contribution in [0.15, 0.2) is 36.8 Å². The van der Waals surface area contributed by atoms with Crippen molar-refractivity contribution < 1.29 is 19.4 Å². The number of likely N-dealkylation sites (N-methyl/N-ethyl adjacent to an activating group) is 1. The van der Waals surface area contributed by atoms with Gasteiger partial charge in [0.25, 0.3) is 0 Å². The van der Waals surface area contributed by atoms with E-state index in [9.17, 15) is 14.9 Å². The number of pyridine rings is 2. The number of hydrogen-bond donors (Lipinski definition) is 2. The van der Waals surface area contributed by atoms with E-state index in [1.807, 2.05) is 32.0 Å². The lowest BCUT2D eigenvalue weighted by Gasteiger charge is -2.41. The SMILES string of the molecule is CCOc1cc(-c2ccc(N3CCC(C)(NC(=O)C(C)N(C)C(=O)O)CC3)nc2)c2c(C#N)cnn2c1. The number of nitrogens with one attached hydrogen (secondary N) is 1. The highest BCUT2D eigenvalue weighted by Gasteiger charge is 2.34. The molecular weight excluding hydrogens is 474 g/mol. The summed E-state index contributed by atoms with van der Waals surface area (Å²) in [5.74, 6) is 1.17. The predicted molar refractivity (Wildman–Crippen MR) is 138 cm³/mol. The first-order valence-corrected chi connectivity index (χ1v) is 12.2. The van der Waals surface area contributed by atoms with Gasteiger partial charge in [-0.05, 0) is 51.8 Å². The average molecular weight is 506 g/mol. The lowest BCUT2D eigenvalue weighted by Crippen LogP contribution is -2.57. The number of nitriles is 1. The van der Waals surface area contributed by atoms with Crippen molar-refractivity contribution in [3.05, 3.63) is 42.4 Å². The Morgan fingerprint density at radius 2 is 2.05 bits per heavy atom. The fourth-order valence-electron chi connectivity index (χ4n) is 4.47. The number of amides is 2. The summed E-state index contributed by atoms with van der Waals surface area (Å²) in [6.45, 7) is 7.37. The maximum Gasteiger partial charge on any atom is 0.407 e.